The zero-order chi connectivity index (χ0) is 15.5. The average molecular weight is 280 g/mol. The fourth-order valence-corrected chi connectivity index (χ4v) is 1.58. The number of rotatable bonds is 5. The number of carbonyl (C=O) groups is 2. The molecule has 0 fully saturated rings. The highest BCUT2D eigenvalue weighted by Gasteiger charge is 2.25. The molecule has 5 heteroatoms. The summed E-state index contributed by atoms with van der Waals surface area (Å²) in [5.74, 6) is -0.218. The molecule has 0 N–H and O–H groups in total. The Hall–Kier alpha value is -1.65. The summed E-state index contributed by atoms with van der Waals surface area (Å²) in [6, 6.07) is 1.71. The summed E-state index contributed by atoms with van der Waals surface area (Å²) >= 11 is 0. The highest BCUT2D eigenvalue weighted by atomic mass is 16.5. The van der Waals surface area contributed by atoms with Crippen LogP contribution in [0.4, 0.5) is 0 Å². The molecule has 0 saturated heterocycles. The summed E-state index contributed by atoms with van der Waals surface area (Å²) in [5, 5.41) is 4.36. The molecule has 0 saturated carbocycles. The van der Waals surface area contributed by atoms with Crippen molar-refractivity contribution in [2.24, 2.45) is 5.41 Å². The highest BCUT2D eigenvalue weighted by molar-refractivity contribution is 5.89. The number of esters is 1. The van der Waals surface area contributed by atoms with Gasteiger partial charge in [0.05, 0.1) is 12.3 Å². The fraction of sp³-hybridized carbons (Fsp3) is 0.667. The minimum Gasteiger partial charge on any atom is -0.461 e. The monoisotopic (exact) mass is 280 g/mol. The van der Waals surface area contributed by atoms with Crippen LogP contribution in [0.3, 0.4) is 0 Å². The van der Waals surface area contributed by atoms with Crippen LogP contribution >= 0.6 is 0 Å². The third-order valence-corrected chi connectivity index (χ3v) is 3.00. The van der Waals surface area contributed by atoms with Crippen LogP contribution in [0.15, 0.2) is 6.07 Å². The molecule has 1 aromatic rings. The molecule has 0 radical (unpaired) electrons. The molecule has 0 aromatic carbocycles. The van der Waals surface area contributed by atoms with E-state index in [1.165, 1.54) is 4.68 Å². The van der Waals surface area contributed by atoms with Crippen molar-refractivity contribution in [1.82, 2.24) is 9.78 Å². The van der Waals surface area contributed by atoms with E-state index in [0.717, 1.165) is 5.69 Å². The molecule has 0 bridgehead atoms. The van der Waals surface area contributed by atoms with Crippen LogP contribution in [-0.2, 0) is 16.1 Å². The van der Waals surface area contributed by atoms with Gasteiger partial charge in [0.1, 0.15) is 12.2 Å². The second-order valence-electron chi connectivity index (χ2n) is 6.16. The van der Waals surface area contributed by atoms with E-state index in [2.05, 4.69) is 5.10 Å². The van der Waals surface area contributed by atoms with Gasteiger partial charge in [0.2, 0.25) is 0 Å². The van der Waals surface area contributed by atoms with Gasteiger partial charge in [-0.05, 0) is 18.9 Å². The normalized spacial score (nSPS) is 11.8. The second kappa shape index (κ2) is 6.20. The van der Waals surface area contributed by atoms with Crippen LogP contribution in [0.25, 0.3) is 0 Å². The van der Waals surface area contributed by atoms with Gasteiger partial charge in [-0.1, -0.05) is 34.6 Å². The number of ketones is 1. The molecule has 1 heterocycles. The van der Waals surface area contributed by atoms with Crippen molar-refractivity contribution in [1.29, 1.82) is 0 Å². The predicted molar refractivity (Wildman–Crippen MR) is 76.7 cm³/mol. The van der Waals surface area contributed by atoms with Crippen LogP contribution in [0.5, 0.6) is 0 Å². The summed E-state index contributed by atoms with van der Waals surface area (Å²) in [6.45, 7) is 11.7. The summed E-state index contributed by atoms with van der Waals surface area (Å²) in [4.78, 5) is 24.1. The molecule has 1 rings (SSSR count). The zero-order valence-electron chi connectivity index (χ0n) is 13.2. The fourth-order valence-electron chi connectivity index (χ4n) is 1.58. The van der Waals surface area contributed by atoms with Crippen molar-refractivity contribution < 1.29 is 14.3 Å². The van der Waals surface area contributed by atoms with Gasteiger partial charge >= 0.3 is 5.97 Å². The van der Waals surface area contributed by atoms with Gasteiger partial charge in [0, 0.05) is 5.41 Å². The second-order valence-corrected chi connectivity index (χ2v) is 6.16. The van der Waals surface area contributed by atoms with Crippen LogP contribution in [0.1, 0.15) is 63.6 Å². The molecule has 0 amide bonds. The third-order valence-electron chi connectivity index (χ3n) is 3.00. The Bertz CT molecular complexity index is 496. The van der Waals surface area contributed by atoms with Gasteiger partial charge in [-0.15, -0.1) is 0 Å². The summed E-state index contributed by atoms with van der Waals surface area (Å²) in [7, 11) is 0. The van der Waals surface area contributed by atoms with E-state index in [9.17, 15) is 9.59 Å². The lowest BCUT2D eigenvalue weighted by Gasteiger charge is -2.17. The molecular formula is C15H24N2O3. The Balaban J connectivity index is 3.10. The molecule has 0 unspecified atom stereocenters. The maximum atomic E-state index is 12.1. The molecule has 0 aliphatic rings. The lowest BCUT2D eigenvalue weighted by Crippen LogP contribution is -2.27. The first kappa shape index (κ1) is 16.4. The number of Topliss-reactive ketones (excluding diaryl/α,β-unsaturated/α-hetero) is 1. The van der Waals surface area contributed by atoms with Gasteiger partial charge in [0.25, 0.3) is 0 Å². The van der Waals surface area contributed by atoms with E-state index in [1.807, 2.05) is 34.6 Å². The van der Waals surface area contributed by atoms with Crippen molar-refractivity contribution in [2.45, 2.75) is 54.0 Å². The van der Waals surface area contributed by atoms with Crippen molar-refractivity contribution >= 4 is 11.8 Å². The van der Waals surface area contributed by atoms with Crippen molar-refractivity contribution in [3.05, 3.63) is 17.5 Å². The topological polar surface area (TPSA) is 61.2 Å². The molecule has 5 nitrogen and oxygen atoms in total. The van der Waals surface area contributed by atoms with Crippen LogP contribution in [0.2, 0.25) is 0 Å². The molecule has 0 spiro atoms. The number of aromatic nitrogens is 2. The number of ether oxygens (including phenoxy) is 1. The maximum absolute atomic E-state index is 12.1. The SMILES string of the molecule is CCOC(=O)c1cc(C(C)C)nn1CC(=O)C(C)(C)C. The van der Waals surface area contributed by atoms with E-state index in [0.29, 0.717) is 12.3 Å². The molecule has 0 aliphatic carbocycles. The van der Waals surface area contributed by atoms with Crippen molar-refractivity contribution in [3.8, 4) is 0 Å². The van der Waals surface area contributed by atoms with E-state index in [-0.39, 0.29) is 18.2 Å². The smallest absolute Gasteiger partial charge is 0.356 e. The first-order chi connectivity index (χ1) is 9.16. The Morgan fingerprint density at radius 1 is 1.35 bits per heavy atom. The number of hydrogen-bond donors (Lipinski definition) is 0. The van der Waals surface area contributed by atoms with Crippen LogP contribution in [0, 0.1) is 5.41 Å². The Morgan fingerprint density at radius 3 is 2.40 bits per heavy atom. The van der Waals surface area contributed by atoms with Gasteiger partial charge in [-0.25, -0.2) is 4.79 Å². The van der Waals surface area contributed by atoms with Gasteiger partial charge in [0.15, 0.2) is 5.78 Å². The van der Waals surface area contributed by atoms with E-state index < -0.39 is 11.4 Å². The molecule has 0 atom stereocenters. The molecule has 0 aliphatic heterocycles. The first-order valence-electron chi connectivity index (χ1n) is 6.95. The summed E-state index contributed by atoms with van der Waals surface area (Å²) in [5.41, 5.74) is 0.665. The number of carbonyl (C=O) groups excluding carboxylic acids is 2. The maximum Gasteiger partial charge on any atom is 0.356 e. The lowest BCUT2D eigenvalue weighted by atomic mass is 9.91. The molecule has 112 valence electrons. The van der Waals surface area contributed by atoms with E-state index >= 15 is 0 Å². The largest absolute Gasteiger partial charge is 0.461 e. The van der Waals surface area contributed by atoms with Crippen LogP contribution in [-0.4, -0.2) is 28.1 Å². The highest BCUT2D eigenvalue weighted by Crippen LogP contribution is 2.19. The van der Waals surface area contributed by atoms with Gasteiger partial charge in [-0.2, -0.15) is 5.10 Å². The van der Waals surface area contributed by atoms with E-state index in [4.69, 9.17) is 4.74 Å². The van der Waals surface area contributed by atoms with Crippen molar-refractivity contribution in [2.75, 3.05) is 6.61 Å². The van der Waals surface area contributed by atoms with E-state index in [1.54, 1.807) is 13.0 Å². The molecule has 1 aromatic heterocycles. The van der Waals surface area contributed by atoms with Crippen molar-refractivity contribution in [3.63, 3.8) is 0 Å². The third kappa shape index (κ3) is 3.92. The Kier molecular flexibility index (Phi) is 5.09. The van der Waals surface area contributed by atoms with Crippen LogP contribution < -0.4 is 0 Å². The summed E-state index contributed by atoms with van der Waals surface area (Å²) in [6.07, 6.45) is 0. The first-order valence-corrected chi connectivity index (χ1v) is 6.95. The molecular weight excluding hydrogens is 256 g/mol. The van der Waals surface area contributed by atoms with Gasteiger partial charge < -0.3 is 4.74 Å². The lowest BCUT2D eigenvalue weighted by molar-refractivity contribution is -0.127. The number of hydrogen-bond acceptors (Lipinski definition) is 4. The minimum atomic E-state index is -0.462. The zero-order valence-corrected chi connectivity index (χ0v) is 13.2. The molecule has 20 heavy (non-hydrogen) atoms. The summed E-state index contributed by atoms with van der Waals surface area (Å²) < 4.78 is 6.48. The Morgan fingerprint density at radius 2 is 1.95 bits per heavy atom. The Labute approximate surface area is 120 Å². The standard InChI is InChI=1S/C15H24N2O3/c1-7-20-14(19)12-8-11(10(2)3)16-17(12)9-13(18)15(4,5)6/h8,10H,7,9H2,1-6H3. The quantitative estimate of drug-likeness (QED) is 0.778. The van der Waals surface area contributed by atoms with Gasteiger partial charge in [-0.3, -0.25) is 9.48 Å². The predicted octanol–water partition coefficient (Wildman–Crippen LogP) is 2.80. The minimum absolute atomic E-state index is 0.0291. The number of nitrogens with zero attached hydrogens (tertiary/aromatic N) is 2. The average Bonchev–Trinajstić information content (AvgIpc) is 2.72.